The average molecular weight is 432 g/mol. The highest BCUT2D eigenvalue weighted by atomic mass is 127. The third kappa shape index (κ3) is 5.75. The molecule has 1 aliphatic heterocycles. The fourth-order valence-electron chi connectivity index (χ4n) is 2.63. The molecule has 0 amide bonds. The topological polar surface area (TPSA) is 40.1 Å². The molecule has 1 aromatic carbocycles. The predicted octanol–water partition coefficient (Wildman–Crippen LogP) is 2.81. The van der Waals surface area contributed by atoms with Crippen molar-refractivity contribution in [1.29, 1.82) is 0 Å². The average Bonchev–Trinajstić information content (AvgIpc) is 2.59. The second kappa shape index (κ2) is 10.6. The van der Waals surface area contributed by atoms with Crippen molar-refractivity contribution >= 4 is 35.6 Å². The summed E-state index contributed by atoms with van der Waals surface area (Å²) in [5, 5.41) is 3.40. The number of guanidine groups is 1. The third-order valence-corrected chi connectivity index (χ3v) is 3.82. The number of methoxy groups -OCH3 is 1. The molecule has 0 radical (unpaired) electrons. The molecule has 2 rings (SSSR count). The second-order valence-corrected chi connectivity index (χ2v) is 5.41. The van der Waals surface area contributed by atoms with Crippen molar-refractivity contribution in [3.63, 3.8) is 0 Å². The number of anilines is 1. The first-order valence-corrected chi connectivity index (χ1v) is 8.20. The number of nitrogens with one attached hydrogen (secondary N) is 1. The summed E-state index contributed by atoms with van der Waals surface area (Å²) in [5.41, 5.74) is 1.23. The van der Waals surface area contributed by atoms with E-state index in [0.29, 0.717) is 0 Å². The largest absolute Gasteiger partial charge is 0.497 e. The van der Waals surface area contributed by atoms with E-state index < -0.39 is 0 Å². The molecule has 1 fully saturated rings. The number of ether oxygens (including phenoxy) is 1. The van der Waals surface area contributed by atoms with Crippen molar-refractivity contribution in [3.8, 4) is 5.75 Å². The van der Waals surface area contributed by atoms with Gasteiger partial charge in [-0.15, -0.1) is 24.0 Å². The molecule has 0 saturated carbocycles. The predicted molar refractivity (Wildman–Crippen MR) is 108 cm³/mol. The SMILES string of the molecule is CCCN=C(NCC)N1CCN(c2cccc(OC)c2)CC1.I. The van der Waals surface area contributed by atoms with Crippen LogP contribution in [0.25, 0.3) is 0 Å². The lowest BCUT2D eigenvalue weighted by atomic mass is 10.2. The van der Waals surface area contributed by atoms with Crippen LogP contribution in [-0.4, -0.2) is 57.2 Å². The molecule has 0 bridgehead atoms. The number of hydrogen-bond acceptors (Lipinski definition) is 3. The van der Waals surface area contributed by atoms with Gasteiger partial charge < -0.3 is 19.9 Å². The summed E-state index contributed by atoms with van der Waals surface area (Å²) in [7, 11) is 1.71. The summed E-state index contributed by atoms with van der Waals surface area (Å²) >= 11 is 0. The molecule has 0 atom stereocenters. The van der Waals surface area contributed by atoms with Crippen LogP contribution in [0.15, 0.2) is 29.3 Å². The van der Waals surface area contributed by atoms with E-state index in [2.05, 4.69) is 46.1 Å². The fourth-order valence-corrected chi connectivity index (χ4v) is 2.63. The smallest absolute Gasteiger partial charge is 0.194 e. The van der Waals surface area contributed by atoms with Gasteiger partial charge in [0.1, 0.15) is 5.75 Å². The number of rotatable bonds is 5. The second-order valence-electron chi connectivity index (χ2n) is 5.41. The molecule has 0 aliphatic carbocycles. The number of halogens is 1. The van der Waals surface area contributed by atoms with Crippen LogP contribution in [0.1, 0.15) is 20.3 Å². The zero-order valence-electron chi connectivity index (χ0n) is 14.4. The maximum atomic E-state index is 5.32. The standard InChI is InChI=1S/C17H28N4O.HI/c1-4-9-19-17(18-5-2)21-12-10-20(11-13-21)15-7-6-8-16(14-15)22-3;/h6-8,14H,4-5,9-13H2,1-3H3,(H,18,19);1H. The van der Waals surface area contributed by atoms with Gasteiger partial charge in [0, 0.05) is 51.0 Å². The molecule has 0 unspecified atom stereocenters. The van der Waals surface area contributed by atoms with E-state index in [1.165, 1.54) is 5.69 Å². The van der Waals surface area contributed by atoms with Crippen LogP contribution in [0.4, 0.5) is 5.69 Å². The summed E-state index contributed by atoms with van der Waals surface area (Å²) in [5.74, 6) is 1.97. The van der Waals surface area contributed by atoms with Gasteiger partial charge in [-0.05, 0) is 25.5 Å². The fraction of sp³-hybridized carbons (Fsp3) is 0.588. The minimum Gasteiger partial charge on any atom is -0.497 e. The molecule has 23 heavy (non-hydrogen) atoms. The van der Waals surface area contributed by atoms with E-state index in [1.54, 1.807) is 7.11 Å². The Labute approximate surface area is 157 Å². The summed E-state index contributed by atoms with van der Waals surface area (Å²) < 4.78 is 5.32. The third-order valence-electron chi connectivity index (χ3n) is 3.82. The van der Waals surface area contributed by atoms with E-state index in [4.69, 9.17) is 4.74 Å². The summed E-state index contributed by atoms with van der Waals surface area (Å²) in [6, 6.07) is 8.29. The summed E-state index contributed by atoms with van der Waals surface area (Å²) in [6.45, 7) is 10.1. The van der Waals surface area contributed by atoms with E-state index >= 15 is 0 Å². The zero-order chi connectivity index (χ0) is 15.8. The maximum Gasteiger partial charge on any atom is 0.194 e. The van der Waals surface area contributed by atoms with Crippen molar-refractivity contribution in [3.05, 3.63) is 24.3 Å². The highest BCUT2D eigenvalue weighted by Crippen LogP contribution is 2.22. The van der Waals surface area contributed by atoms with Crippen molar-refractivity contribution in [2.24, 2.45) is 4.99 Å². The van der Waals surface area contributed by atoms with Gasteiger partial charge in [0.2, 0.25) is 0 Å². The number of piperazine rings is 1. The lowest BCUT2D eigenvalue weighted by Gasteiger charge is -2.37. The quantitative estimate of drug-likeness (QED) is 0.442. The maximum absolute atomic E-state index is 5.32. The van der Waals surface area contributed by atoms with Gasteiger partial charge in [0.15, 0.2) is 5.96 Å². The summed E-state index contributed by atoms with van der Waals surface area (Å²) in [4.78, 5) is 9.44. The minimum atomic E-state index is 0. The van der Waals surface area contributed by atoms with E-state index in [0.717, 1.165) is 57.4 Å². The molecule has 1 saturated heterocycles. The molecule has 1 heterocycles. The monoisotopic (exact) mass is 432 g/mol. The van der Waals surface area contributed by atoms with Gasteiger partial charge in [0.05, 0.1) is 7.11 Å². The van der Waals surface area contributed by atoms with Gasteiger partial charge in [-0.25, -0.2) is 0 Å². The molecule has 5 nitrogen and oxygen atoms in total. The molecule has 1 N–H and O–H groups in total. The summed E-state index contributed by atoms with van der Waals surface area (Å²) in [6.07, 6.45) is 1.08. The molecule has 1 aliphatic rings. The highest BCUT2D eigenvalue weighted by molar-refractivity contribution is 14.0. The minimum absolute atomic E-state index is 0. The number of nitrogens with zero attached hydrogens (tertiary/aromatic N) is 3. The number of hydrogen-bond donors (Lipinski definition) is 1. The molecule has 0 aromatic heterocycles. The Kier molecular flexibility index (Phi) is 9.13. The first-order valence-electron chi connectivity index (χ1n) is 8.20. The van der Waals surface area contributed by atoms with Gasteiger partial charge in [-0.1, -0.05) is 13.0 Å². The number of aliphatic imine (C=N–C) groups is 1. The molecular formula is C17H29IN4O. The van der Waals surface area contributed by atoms with Crippen molar-refractivity contribution in [2.75, 3.05) is 51.3 Å². The van der Waals surface area contributed by atoms with Gasteiger partial charge >= 0.3 is 0 Å². The Hall–Kier alpha value is -1.18. The van der Waals surface area contributed by atoms with Crippen molar-refractivity contribution < 1.29 is 4.74 Å². The van der Waals surface area contributed by atoms with Crippen LogP contribution in [0.5, 0.6) is 5.75 Å². The van der Waals surface area contributed by atoms with E-state index in [9.17, 15) is 0 Å². The first-order chi connectivity index (χ1) is 10.8. The Morgan fingerprint density at radius 1 is 1.22 bits per heavy atom. The molecular weight excluding hydrogens is 403 g/mol. The van der Waals surface area contributed by atoms with Crippen LogP contribution in [-0.2, 0) is 0 Å². The molecule has 1 aromatic rings. The Morgan fingerprint density at radius 3 is 2.57 bits per heavy atom. The highest BCUT2D eigenvalue weighted by Gasteiger charge is 2.19. The lowest BCUT2D eigenvalue weighted by molar-refractivity contribution is 0.372. The van der Waals surface area contributed by atoms with Crippen LogP contribution >= 0.6 is 24.0 Å². The van der Waals surface area contributed by atoms with Crippen LogP contribution in [0.2, 0.25) is 0 Å². The Morgan fingerprint density at radius 2 is 1.96 bits per heavy atom. The zero-order valence-corrected chi connectivity index (χ0v) is 16.7. The van der Waals surface area contributed by atoms with Crippen LogP contribution < -0.4 is 15.0 Å². The van der Waals surface area contributed by atoms with E-state index in [1.807, 2.05) is 12.1 Å². The Bertz CT molecular complexity index is 487. The van der Waals surface area contributed by atoms with E-state index in [-0.39, 0.29) is 24.0 Å². The van der Waals surface area contributed by atoms with Gasteiger partial charge in [-0.2, -0.15) is 0 Å². The van der Waals surface area contributed by atoms with Crippen LogP contribution in [0.3, 0.4) is 0 Å². The lowest BCUT2D eigenvalue weighted by Crippen LogP contribution is -2.52. The Balaban J connectivity index is 0.00000264. The molecule has 0 spiro atoms. The normalized spacial score (nSPS) is 15.2. The molecule has 6 heteroatoms. The molecule has 130 valence electrons. The van der Waals surface area contributed by atoms with Crippen LogP contribution in [0, 0.1) is 0 Å². The van der Waals surface area contributed by atoms with Gasteiger partial charge in [0.25, 0.3) is 0 Å². The van der Waals surface area contributed by atoms with Crippen molar-refractivity contribution in [1.82, 2.24) is 10.2 Å². The first kappa shape index (κ1) is 19.9. The number of benzene rings is 1. The van der Waals surface area contributed by atoms with Crippen molar-refractivity contribution in [2.45, 2.75) is 20.3 Å². The van der Waals surface area contributed by atoms with Gasteiger partial charge in [-0.3, -0.25) is 4.99 Å².